The zero-order valence-electron chi connectivity index (χ0n) is 18.9. The highest BCUT2D eigenvalue weighted by atomic mass is 32.1. The number of hydrogen-bond acceptors (Lipinski definition) is 7. The summed E-state index contributed by atoms with van der Waals surface area (Å²) in [4.78, 5) is 39.8. The Morgan fingerprint density at radius 3 is 2.71 bits per heavy atom. The molecule has 2 aliphatic heterocycles. The average Bonchev–Trinajstić information content (AvgIpc) is 3.21. The Labute approximate surface area is 205 Å². The van der Waals surface area contributed by atoms with Crippen LogP contribution in [-0.2, 0) is 0 Å². The van der Waals surface area contributed by atoms with Crippen LogP contribution in [0.2, 0.25) is 0 Å². The van der Waals surface area contributed by atoms with Crippen LogP contribution in [0.25, 0.3) is 10.1 Å². The van der Waals surface area contributed by atoms with Gasteiger partial charge in [0.15, 0.2) is 5.78 Å². The lowest BCUT2D eigenvalue weighted by atomic mass is 9.82. The minimum Gasteiger partial charge on any atom is -0.495 e. The zero-order chi connectivity index (χ0) is 24.7. The normalized spacial score (nSPS) is 16.3. The number of Topliss-reactive ketones (excluding diaryl/α,β-unsaturated/α-hetero) is 1. The van der Waals surface area contributed by atoms with Crippen molar-refractivity contribution in [2.24, 2.45) is 5.73 Å². The number of nitrogens with zero attached hydrogens (tertiary/aromatic N) is 2. The van der Waals surface area contributed by atoms with Gasteiger partial charge >= 0.3 is 6.03 Å². The number of thiophene rings is 1. The van der Waals surface area contributed by atoms with E-state index >= 15 is 0 Å². The molecule has 35 heavy (non-hydrogen) atoms. The number of ketones is 1. The Bertz CT molecular complexity index is 1420. The van der Waals surface area contributed by atoms with Crippen molar-refractivity contribution in [1.82, 2.24) is 4.90 Å². The molecule has 2 aromatic carbocycles. The largest absolute Gasteiger partial charge is 0.495 e. The maximum Gasteiger partial charge on any atom is 0.317 e. The maximum absolute atomic E-state index is 13.6. The third-order valence-electron chi connectivity index (χ3n) is 6.53. The van der Waals surface area contributed by atoms with Crippen LogP contribution in [0.3, 0.4) is 0 Å². The van der Waals surface area contributed by atoms with Crippen molar-refractivity contribution in [3.8, 4) is 17.6 Å². The van der Waals surface area contributed by atoms with E-state index in [1.54, 1.807) is 42.3 Å². The van der Waals surface area contributed by atoms with Gasteiger partial charge in [-0.2, -0.15) is 5.26 Å². The third kappa shape index (κ3) is 3.94. The van der Waals surface area contributed by atoms with Gasteiger partial charge in [0.1, 0.15) is 22.1 Å². The second-order valence-corrected chi connectivity index (χ2v) is 9.65. The smallest absolute Gasteiger partial charge is 0.317 e. The molecule has 0 saturated carbocycles. The minimum atomic E-state index is -0.755. The number of nitriles is 1. The maximum atomic E-state index is 13.6. The summed E-state index contributed by atoms with van der Waals surface area (Å²) in [7, 11) is 1.55. The van der Waals surface area contributed by atoms with Crippen LogP contribution in [0.4, 0.5) is 9.80 Å². The Hall–Kier alpha value is -4.10. The number of urea groups is 1. The van der Waals surface area contributed by atoms with Gasteiger partial charge in [-0.3, -0.25) is 14.9 Å². The molecule has 0 aliphatic carbocycles. The van der Waals surface area contributed by atoms with Gasteiger partial charge in [0.2, 0.25) is 0 Å². The number of anilines is 1. The molecular formula is C25H22N4O5S. The monoisotopic (exact) mass is 490 g/mol. The summed E-state index contributed by atoms with van der Waals surface area (Å²) in [6, 6.07) is 11.5. The number of piperidine rings is 1. The van der Waals surface area contributed by atoms with Gasteiger partial charge in [0.05, 0.1) is 41.0 Å². The van der Waals surface area contributed by atoms with Gasteiger partial charge in [0, 0.05) is 31.3 Å². The molecule has 1 saturated heterocycles. The lowest BCUT2D eigenvalue weighted by Crippen LogP contribution is -2.52. The SMILES string of the molecule is COc1cccc2c(C(=O)N3CCC4(CC3)CC(=O)c3cc(C#N)ccc3O4)c(NC(N)=O)sc12. The van der Waals surface area contributed by atoms with Crippen LogP contribution in [0.15, 0.2) is 36.4 Å². The van der Waals surface area contributed by atoms with Crippen LogP contribution in [0.5, 0.6) is 11.5 Å². The van der Waals surface area contributed by atoms with Crippen molar-refractivity contribution in [2.75, 3.05) is 25.5 Å². The van der Waals surface area contributed by atoms with E-state index in [1.165, 1.54) is 11.3 Å². The van der Waals surface area contributed by atoms with Crippen LogP contribution in [-0.4, -0.2) is 48.4 Å². The van der Waals surface area contributed by atoms with Gasteiger partial charge in [0.25, 0.3) is 5.91 Å². The molecule has 3 aromatic rings. The molecule has 0 bridgehead atoms. The number of hydrogen-bond donors (Lipinski definition) is 2. The number of nitrogens with two attached hydrogens (primary N) is 1. The van der Waals surface area contributed by atoms with Crippen molar-refractivity contribution in [3.63, 3.8) is 0 Å². The van der Waals surface area contributed by atoms with Crippen molar-refractivity contribution in [2.45, 2.75) is 24.9 Å². The summed E-state index contributed by atoms with van der Waals surface area (Å²) in [5.74, 6) is 0.782. The highest BCUT2D eigenvalue weighted by Crippen LogP contribution is 2.43. The van der Waals surface area contributed by atoms with E-state index in [4.69, 9.17) is 20.5 Å². The fourth-order valence-corrected chi connectivity index (χ4v) is 5.97. The minimum absolute atomic E-state index is 0.0630. The summed E-state index contributed by atoms with van der Waals surface area (Å²) >= 11 is 1.24. The van der Waals surface area contributed by atoms with Gasteiger partial charge < -0.3 is 20.1 Å². The number of benzene rings is 2. The molecule has 0 unspecified atom stereocenters. The molecule has 1 fully saturated rings. The quantitative estimate of drug-likeness (QED) is 0.572. The van der Waals surface area contributed by atoms with E-state index in [9.17, 15) is 14.4 Å². The number of fused-ring (bicyclic) bond motifs is 2. The molecular weight excluding hydrogens is 468 g/mol. The summed E-state index contributed by atoms with van der Waals surface area (Å²) in [5.41, 5.74) is 5.88. The standard InChI is InChI=1S/C25H22N4O5S/c1-33-19-4-2-3-15-20(22(28-24(27)32)35-21(15)19)23(31)29-9-7-25(8-10-29)12-17(30)16-11-14(13-26)5-6-18(16)34-25/h2-6,11H,7-10,12H2,1H3,(H3,27,28,32). The number of amides is 3. The molecule has 0 radical (unpaired) electrons. The van der Waals surface area contributed by atoms with Gasteiger partial charge in [-0.1, -0.05) is 12.1 Å². The molecule has 5 rings (SSSR count). The first-order chi connectivity index (χ1) is 16.8. The van der Waals surface area contributed by atoms with Gasteiger partial charge in [-0.15, -0.1) is 11.3 Å². The molecule has 10 heteroatoms. The number of ether oxygens (including phenoxy) is 2. The Balaban J connectivity index is 1.40. The number of methoxy groups -OCH3 is 1. The number of rotatable bonds is 3. The number of carbonyl (C=O) groups is 3. The highest BCUT2D eigenvalue weighted by molar-refractivity contribution is 7.23. The Morgan fingerprint density at radius 1 is 1.26 bits per heavy atom. The van der Waals surface area contributed by atoms with E-state index in [-0.39, 0.29) is 18.1 Å². The van der Waals surface area contributed by atoms with Crippen molar-refractivity contribution in [3.05, 3.63) is 53.1 Å². The summed E-state index contributed by atoms with van der Waals surface area (Å²) in [6.07, 6.45) is 1.16. The van der Waals surface area contributed by atoms with Crippen molar-refractivity contribution in [1.29, 1.82) is 5.26 Å². The second-order valence-electron chi connectivity index (χ2n) is 8.63. The van der Waals surface area contributed by atoms with Gasteiger partial charge in [-0.25, -0.2) is 4.79 Å². The summed E-state index contributed by atoms with van der Waals surface area (Å²) in [6.45, 7) is 0.768. The molecule has 3 N–H and O–H groups in total. The van der Waals surface area contributed by atoms with E-state index in [1.807, 2.05) is 12.1 Å². The number of likely N-dealkylation sites (tertiary alicyclic amines) is 1. The fourth-order valence-electron chi connectivity index (χ4n) is 4.78. The predicted molar refractivity (Wildman–Crippen MR) is 130 cm³/mol. The van der Waals surface area contributed by atoms with Crippen LogP contribution < -0.4 is 20.5 Å². The van der Waals surface area contributed by atoms with E-state index in [0.717, 1.165) is 4.70 Å². The van der Waals surface area contributed by atoms with E-state index in [2.05, 4.69) is 5.32 Å². The molecule has 1 aromatic heterocycles. The number of carbonyl (C=O) groups excluding carboxylic acids is 3. The lowest BCUT2D eigenvalue weighted by molar-refractivity contribution is -0.00563. The molecule has 3 heterocycles. The van der Waals surface area contributed by atoms with Crippen molar-refractivity contribution < 1.29 is 23.9 Å². The molecule has 1 spiro atoms. The highest BCUT2D eigenvalue weighted by Gasteiger charge is 2.44. The molecule has 0 atom stereocenters. The van der Waals surface area contributed by atoms with Crippen LogP contribution in [0.1, 0.15) is 45.5 Å². The average molecular weight is 491 g/mol. The predicted octanol–water partition coefficient (Wildman–Crippen LogP) is 3.91. The first-order valence-electron chi connectivity index (χ1n) is 11.1. The van der Waals surface area contributed by atoms with Crippen LogP contribution >= 0.6 is 11.3 Å². The van der Waals surface area contributed by atoms with Crippen LogP contribution in [0, 0.1) is 11.3 Å². The number of primary amides is 1. The first-order valence-corrected chi connectivity index (χ1v) is 11.9. The van der Waals surface area contributed by atoms with Crippen molar-refractivity contribution >= 4 is 44.1 Å². The lowest BCUT2D eigenvalue weighted by Gasteiger charge is -2.44. The van der Waals surface area contributed by atoms with Gasteiger partial charge in [-0.05, 0) is 24.3 Å². The number of nitrogens with one attached hydrogen (secondary N) is 1. The topological polar surface area (TPSA) is 135 Å². The first kappa shape index (κ1) is 22.7. The van der Waals surface area contributed by atoms with E-state index < -0.39 is 11.6 Å². The molecule has 3 amide bonds. The second kappa shape index (κ2) is 8.60. The fraction of sp³-hybridized carbons (Fsp3) is 0.280. The summed E-state index contributed by atoms with van der Waals surface area (Å²) in [5, 5.41) is 12.7. The molecule has 2 aliphatic rings. The Kier molecular flexibility index (Phi) is 5.57. The van der Waals surface area contributed by atoms with E-state index in [0.29, 0.717) is 64.5 Å². The third-order valence-corrected chi connectivity index (χ3v) is 7.67. The Morgan fingerprint density at radius 2 is 2.03 bits per heavy atom. The zero-order valence-corrected chi connectivity index (χ0v) is 19.7. The summed E-state index contributed by atoms with van der Waals surface area (Å²) < 4.78 is 12.4. The molecule has 178 valence electrons. The molecule has 9 nitrogen and oxygen atoms in total.